The molecule has 0 saturated heterocycles. The van der Waals surface area contributed by atoms with Crippen LogP contribution in [0.4, 0.5) is 5.69 Å². The molecule has 0 bridgehead atoms. The van der Waals surface area contributed by atoms with Gasteiger partial charge in [-0.05, 0) is 73.5 Å². The standard InChI is InChI=1S/C26H30N2O6S2/c1-5-34-24-14-12-23(13-15-24)28(36(4,32)33)18-20-6-8-22(9-7-20)26(29)27-19(2)21-10-16-25(17-11-21)35(3,30)31/h6-17,19H,5,18H2,1-4H3,(H,27,29)/t19-/m0/s1. The number of benzene rings is 3. The minimum atomic E-state index is -3.55. The Balaban J connectivity index is 1.69. The smallest absolute Gasteiger partial charge is 0.251 e. The lowest BCUT2D eigenvalue weighted by molar-refractivity contribution is 0.0940. The molecule has 0 aliphatic heterocycles. The molecule has 0 heterocycles. The fourth-order valence-electron chi connectivity index (χ4n) is 3.57. The van der Waals surface area contributed by atoms with Gasteiger partial charge in [-0.3, -0.25) is 9.10 Å². The predicted octanol–water partition coefficient (Wildman–Crippen LogP) is 3.95. The van der Waals surface area contributed by atoms with Gasteiger partial charge in [0.05, 0.1) is 36.0 Å². The van der Waals surface area contributed by atoms with E-state index in [2.05, 4.69) is 5.32 Å². The lowest BCUT2D eigenvalue weighted by Crippen LogP contribution is -2.29. The molecule has 36 heavy (non-hydrogen) atoms. The molecule has 0 spiro atoms. The van der Waals surface area contributed by atoms with Gasteiger partial charge in [0.1, 0.15) is 5.75 Å². The van der Waals surface area contributed by atoms with Crippen molar-refractivity contribution in [2.24, 2.45) is 0 Å². The SMILES string of the molecule is CCOc1ccc(N(Cc2ccc(C(=O)N[C@@H](C)c3ccc(S(C)(=O)=O)cc3)cc2)S(C)(=O)=O)cc1. The van der Waals surface area contributed by atoms with Crippen LogP contribution in [0.3, 0.4) is 0 Å². The number of sulfone groups is 1. The van der Waals surface area contributed by atoms with Crippen molar-refractivity contribution >= 4 is 31.5 Å². The molecule has 0 unspecified atom stereocenters. The second-order valence-corrected chi connectivity index (χ2v) is 12.4. The summed E-state index contributed by atoms with van der Waals surface area (Å²) in [6.07, 6.45) is 2.29. The van der Waals surface area contributed by atoms with Crippen molar-refractivity contribution in [2.75, 3.05) is 23.4 Å². The number of amides is 1. The zero-order valence-corrected chi connectivity index (χ0v) is 22.3. The van der Waals surface area contributed by atoms with Gasteiger partial charge >= 0.3 is 0 Å². The highest BCUT2D eigenvalue weighted by molar-refractivity contribution is 7.92. The molecule has 0 aliphatic rings. The van der Waals surface area contributed by atoms with E-state index in [-0.39, 0.29) is 23.4 Å². The average molecular weight is 531 g/mol. The number of nitrogens with one attached hydrogen (secondary N) is 1. The third-order valence-corrected chi connectivity index (χ3v) is 7.80. The van der Waals surface area contributed by atoms with Crippen LogP contribution < -0.4 is 14.4 Å². The molecular formula is C26H30N2O6S2. The minimum Gasteiger partial charge on any atom is -0.494 e. The first-order valence-corrected chi connectivity index (χ1v) is 15.0. The van der Waals surface area contributed by atoms with Gasteiger partial charge in [0.15, 0.2) is 9.84 Å². The first-order valence-electron chi connectivity index (χ1n) is 11.3. The van der Waals surface area contributed by atoms with Gasteiger partial charge in [0, 0.05) is 11.8 Å². The van der Waals surface area contributed by atoms with Gasteiger partial charge in [-0.15, -0.1) is 0 Å². The molecule has 192 valence electrons. The number of rotatable bonds is 10. The zero-order valence-electron chi connectivity index (χ0n) is 20.6. The Morgan fingerprint density at radius 2 is 1.47 bits per heavy atom. The Morgan fingerprint density at radius 3 is 1.97 bits per heavy atom. The summed E-state index contributed by atoms with van der Waals surface area (Å²) in [5.41, 5.74) is 2.42. The van der Waals surface area contributed by atoms with E-state index in [0.717, 1.165) is 23.6 Å². The van der Waals surface area contributed by atoms with Crippen LogP contribution in [0.25, 0.3) is 0 Å². The van der Waals surface area contributed by atoms with Crippen molar-refractivity contribution in [3.05, 3.63) is 89.5 Å². The number of anilines is 1. The van der Waals surface area contributed by atoms with Gasteiger partial charge in [0.25, 0.3) is 5.91 Å². The molecule has 0 fully saturated rings. The molecule has 10 heteroatoms. The molecule has 3 aromatic carbocycles. The van der Waals surface area contributed by atoms with Crippen LogP contribution in [-0.2, 0) is 26.4 Å². The van der Waals surface area contributed by atoms with E-state index in [1.165, 1.54) is 16.4 Å². The van der Waals surface area contributed by atoms with E-state index in [0.29, 0.717) is 23.6 Å². The van der Waals surface area contributed by atoms with Gasteiger partial charge in [0.2, 0.25) is 10.0 Å². The summed E-state index contributed by atoms with van der Waals surface area (Å²) in [6.45, 7) is 4.31. The van der Waals surface area contributed by atoms with E-state index in [4.69, 9.17) is 4.74 Å². The summed E-state index contributed by atoms with van der Waals surface area (Å²) in [4.78, 5) is 12.9. The van der Waals surface area contributed by atoms with Crippen LogP contribution in [0.5, 0.6) is 5.75 Å². The van der Waals surface area contributed by atoms with Crippen molar-refractivity contribution in [1.82, 2.24) is 5.32 Å². The molecule has 3 rings (SSSR count). The predicted molar refractivity (Wildman–Crippen MR) is 141 cm³/mol. The maximum atomic E-state index is 12.7. The molecule has 1 N–H and O–H groups in total. The summed E-state index contributed by atoms with van der Waals surface area (Å²) in [5, 5.41) is 2.89. The monoisotopic (exact) mass is 530 g/mol. The number of nitrogens with zero attached hydrogens (tertiary/aromatic N) is 1. The number of hydrogen-bond donors (Lipinski definition) is 1. The average Bonchev–Trinajstić information content (AvgIpc) is 2.82. The molecule has 1 atom stereocenters. The number of ether oxygens (including phenoxy) is 1. The third-order valence-electron chi connectivity index (χ3n) is 5.53. The highest BCUT2D eigenvalue weighted by Gasteiger charge is 2.19. The number of carbonyl (C=O) groups excluding carboxylic acids is 1. The van der Waals surface area contributed by atoms with Gasteiger partial charge in [-0.1, -0.05) is 24.3 Å². The lowest BCUT2D eigenvalue weighted by atomic mass is 10.1. The van der Waals surface area contributed by atoms with Crippen molar-refractivity contribution in [2.45, 2.75) is 31.3 Å². The van der Waals surface area contributed by atoms with E-state index in [1.807, 2.05) is 13.8 Å². The van der Waals surface area contributed by atoms with E-state index in [1.54, 1.807) is 60.7 Å². The van der Waals surface area contributed by atoms with Crippen LogP contribution in [-0.4, -0.2) is 41.9 Å². The number of sulfonamides is 1. The maximum Gasteiger partial charge on any atom is 0.251 e. The fourth-order valence-corrected chi connectivity index (χ4v) is 5.09. The van der Waals surface area contributed by atoms with Gasteiger partial charge < -0.3 is 10.1 Å². The summed E-state index contributed by atoms with van der Waals surface area (Å²) in [6, 6.07) is 19.6. The first kappa shape index (κ1) is 27.2. The van der Waals surface area contributed by atoms with Crippen molar-refractivity contribution in [3.8, 4) is 5.75 Å². The Labute approximate surface area is 212 Å². The fraction of sp³-hybridized carbons (Fsp3) is 0.269. The maximum absolute atomic E-state index is 12.7. The summed E-state index contributed by atoms with van der Waals surface area (Å²) < 4.78 is 54.9. The second kappa shape index (κ2) is 11.1. The molecule has 0 radical (unpaired) electrons. The normalized spacial score (nSPS) is 12.6. The molecule has 0 saturated carbocycles. The minimum absolute atomic E-state index is 0.109. The van der Waals surface area contributed by atoms with Gasteiger partial charge in [-0.25, -0.2) is 16.8 Å². The molecule has 0 aliphatic carbocycles. The Morgan fingerprint density at radius 1 is 0.889 bits per heavy atom. The van der Waals surface area contributed by atoms with Crippen LogP contribution in [0, 0.1) is 0 Å². The van der Waals surface area contributed by atoms with Crippen molar-refractivity contribution < 1.29 is 26.4 Å². The van der Waals surface area contributed by atoms with Crippen molar-refractivity contribution in [1.29, 1.82) is 0 Å². The van der Waals surface area contributed by atoms with E-state index in [9.17, 15) is 21.6 Å². The van der Waals surface area contributed by atoms with Crippen LogP contribution in [0.15, 0.2) is 77.7 Å². The highest BCUT2D eigenvalue weighted by Crippen LogP contribution is 2.24. The summed E-state index contributed by atoms with van der Waals surface area (Å²) >= 11 is 0. The summed E-state index contributed by atoms with van der Waals surface area (Å²) in [7, 11) is -6.84. The largest absolute Gasteiger partial charge is 0.494 e. The van der Waals surface area contributed by atoms with Crippen LogP contribution in [0.1, 0.15) is 41.4 Å². The Hall–Kier alpha value is -3.37. The Bertz CT molecular complexity index is 1400. The third kappa shape index (κ3) is 7.08. The van der Waals surface area contributed by atoms with Crippen molar-refractivity contribution in [3.63, 3.8) is 0 Å². The number of carbonyl (C=O) groups is 1. The molecule has 1 amide bonds. The second-order valence-electron chi connectivity index (χ2n) is 8.43. The molecule has 3 aromatic rings. The highest BCUT2D eigenvalue weighted by atomic mass is 32.2. The molecule has 8 nitrogen and oxygen atoms in total. The van der Waals surface area contributed by atoms with Crippen LogP contribution >= 0.6 is 0 Å². The van der Waals surface area contributed by atoms with Crippen LogP contribution in [0.2, 0.25) is 0 Å². The quantitative estimate of drug-likeness (QED) is 0.425. The molecular weight excluding hydrogens is 500 g/mol. The molecule has 0 aromatic heterocycles. The summed E-state index contributed by atoms with van der Waals surface area (Å²) in [5.74, 6) is 0.360. The number of hydrogen-bond acceptors (Lipinski definition) is 6. The van der Waals surface area contributed by atoms with E-state index < -0.39 is 19.9 Å². The topological polar surface area (TPSA) is 110 Å². The zero-order chi connectivity index (χ0) is 26.5. The first-order chi connectivity index (χ1) is 16.9. The van der Waals surface area contributed by atoms with Gasteiger partial charge in [-0.2, -0.15) is 0 Å². The van der Waals surface area contributed by atoms with E-state index >= 15 is 0 Å². The lowest BCUT2D eigenvalue weighted by Gasteiger charge is -2.23. The Kier molecular flexibility index (Phi) is 8.42.